The average molecular weight is 220 g/mol. The topological polar surface area (TPSA) is 128 Å². The van der Waals surface area contributed by atoms with Gasteiger partial charge in [-0.1, -0.05) is 0 Å². The highest BCUT2D eigenvalue weighted by molar-refractivity contribution is 7.94. The Bertz CT molecular complexity index is 423. The number of aliphatic imine (C=N–C) groups is 1. The minimum absolute atomic E-state index is 0.509. The summed E-state index contributed by atoms with van der Waals surface area (Å²) in [5.41, 5.74) is 4.62. The van der Waals surface area contributed by atoms with Gasteiger partial charge in [0, 0.05) is 6.26 Å². The standard InChI is InChI=1S/C5H8N4O4S/c1-14(12,13)5-3(9(10)11)4(6)7-2-8-5/h2,4H,6H2,1H3,(H,7,8). The summed E-state index contributed by atoms with van der Waals surface area (Å²) in [6.07, 6.45) is 0.620. The van der Waals surface area contributed by atoms with Crippen molar-refractivity contribution in [2.45, 2.75) is 6.17 Å². The normalized spacial score (nSPS) is 22.0. The van der Waals surface area contributed by atoms with Gasteiger partial charge in [-0.05, 0) is 0 Å². The van der Waals surface area contributed by atoms with E-state index in [0.29, 0.717) is 0 Å². The summed E-state index contributed by atoms with van der Waals surface area (Å²) in [7, 11) is -3.70. The van der Waals surface area contributed by atoms with Crippen LogP contribution in [0.15, 0.2) is 15.7 Å². The van der Waals surface area contributed by atoms with Crippen LogP contribution in [-0.4, -0.2) is 32.1 Å². The number of rotatable bonds is 2. The van der Waals surface area contributed by atoms with E-state index in [0.717, 1.165) is 12.6 Å². The predicted octanol–water partition coefficient (Wildman–Crippen LogP) is -1.61. The molecular formula is C5H8N4O4S. The van der Waals surface area contributed by atoms with Crippen molar-refractivity contribution in [2.75, 3.05) is 6.26 Å². The Morgan fingerprint density at radius 3 is 2.64 bits per heavy atom. The van der Waals surface area contributed by atoms with E-state index in [1.165, 1.54) is 0 Å². The van der Waals surface area contributed by atoms with Crippen molar-refractivity contribution in [1.29, 1.82) is 0 Å². The van der Waals surface area contributed by atoms with E-state index < -0.39 is 31.7 Å². The lowest BCUT2D eigenvalue weighted by molar-refractivity contribution is -0.430. The second-order valence-electron chi connectivity index (χ2n) is 2.61. The Labute approximate surface area is 79.6 Å². The van der Waals surface area contributed by atoms with E-state index in [1.54, 1.807) is 0 Å². The third-order valence-electron chi connectivity index (χ3n) is 1.51. The molecule has 0 aliphatic carbocycles. The molecule has 9 heteroatoms. The molecule has 1 heterocycles. The Morgan fingerprint density at radius 1 is 1.71 bits per heavy atom. The first kappa shape index (κ1) is 10.6. The van der Waals surface area contributed by atoms with Gasteiger partial charge in [-0.15, -0.1) is 0 Å². The molecule has 0 fully saturated rings. The molecule has 0 aromatic rings. The minimum Gasteiger partial charge on any atom is -0.332 e. The van der Waals surface area contributed by atoms with E-state index in [9.17, 15) is 18.5 Å². The third-order valence-corrected chi connectivity index (χ3v) is 2.58. The molecule has 14 heavy (non-hydrogen) atoms. The molecule has 1 rings (SSSR count). The SMILES string of the molecule is CS(=O)(=O)C1=C([N+](=O)[O-])C(N)N=CN1. The van der Waals surface area contributed by atoms with Crippen molar-refractivity contribution < 1.29 is 13.3 Å². The summed E-state index contributed by atoms with van der Waals surface area (Å²) < 4.78 is 22.2. The highest BCUT2D eigenvalue weighted by Crippen LogP contribution is 2.14. The molecular weight excluding hydrogens is 212 g/mol. The van der Waals surface area contributed by atoms with Crippen molar-refractivity contribution >= 4 is 16.2 Å². The number of nitro groups is 1. The fraction of sp³-hybridized carbons (Fsp3) is 0.400. The third kappa shape index (κ3) is 1.88. The van der Waals surface area contributed by atoms with Gasteiger partial charge >= 0.3 is 5.70 Å². The zero-order chi connectivity index (χ0) is 10.9. The molecule has 0 aromatic heterocycles. The van der Waals surface area contributed by atoms with Gasteiger partial charge in [-0.25, -0.2) is 13.4 Å². The van der Waals surface area contributed by atoms with E-state index in [2.05, 4.69) is 10.3 Å². The van der Waals surface area contributed by atoms with Crippen LogP contribution in [0.2, 0.25) is 0 Å². The molecule has 8 nitrogen and oxygen atoms in total. The van der Waals surface area contributed by atoms with Crippen LogP contribution in [0.4, 0.5) is 0 Å². The van der Waals surface area contributed by atoms with Crippen LogP contribution < -0.4 is 11.1 Å². The molecule has 0 spiro atoms. The zero-order valence-electron chi connectivity index (χ0n) is 7.17. The van der Waals surface area contributed by atoms with Crippen molar-refractivity contribution in [3.05, 3.63) is 20.8 Å². The molecule has 0 radical (unpaired) electrons. The van der Waals surface area contributed by atoms with Crippen molar-refractivity contribution in [3.63, 3.8) is 0 Å². The first-order chi connectivity index (χ1) is 6.34. The zero-order valence-corrected chi connectivity index (χ0v) is 7.98. The van der Waals surface area contributed by atoms with Crippen LogP contribution in [0.3, 0.4) is 0 Å². The molecule has 1 unspecified atom stereocenters. The first-order valence-corrected chi connectivity index (χ1v) is 5.35. The van der Waals surface area contributed by atoms with Gasteiger partial charge in [0.15, 0.2) is 16.0 Å². The molecule has 3 N–H and O–H groups in total. The van der Waals surface area contributed by atoms with Gasteiger partial charge in [0.2, 0.25) is 5.03 Å². The lowest BCUT2D eigenvalue weighted by atomic mass is 10.4. The van der Waals surface area contributed by atoms with Crippen LogP contribution in [0.1, 0.15) is 0 Å². The first-order valence-electron chi connectivity index (χ1n) is 3.46. The minimum atomic E-state index is -3.70. The van der Waals surface area contributed by atoms with E-state index in [4.69, 9.17) is 5.73 Å². The van der Waals surface area contributed by atoms with E-state index in [1.807, 2.05) is 0 Å². The summed E-state index contributed by atoms with van der Waals surface area (Å²) in [6.45, 7) is 0. The van der Waals surface area contributed by atoms with E-state index >= 15 is 0 Å². The van der Waals surface area contributed by atoms with Gasteiger partial charge in [0.05, 0.1) is 11.3 Å². The van der Waals surface area contributed by atoms with E-state index in [-0.39, 0.29) is 0 Å². The van der Waals surface area contributed by atoms with Gasteiger partial charge < -0.3 is 11.1 Å². The van der Waals surface area contributed by atoms with Crippen LogP contribution in [-0.2, 0) is 9.84 Å². The lowest BCUT2D eigenvalue weighted by Gasteiger charge is -2.13. The van der Waals surface area contributed by atoms with Gasteiger partial charge in [0.1, 0.15) is 0 Å². The summed E-state index contributed by atoms with van der Waals surface area (Å²) in [6, 6.07) is 0. The fourth-order valence-corrected chi connectivity index (χ4v) is 1.78. The Hall–Kier alpha value is -1.48. The van der Waals surface area contributed by atoms with Crippen molar-refractivity contribution in [2.24, 2.45) is 10.7 Å². The number of nitrogens with two attached hydrogens (primary N) is 1. The largest absolute Gasteiger partial charge is 0.332 e. The molecule has 1 aliphatic rings. The smallest absolute Gasteiger partial charge is 0.319 e. The summed E-state index contributed by atoms with van der Waals surface area (Å²) in [5.74, 6) is 0. The molecule has 78 valence electrons. The Balaban J connectivity index is 3.34. The van der Waals surface area contributed by atoms with Crippen LogP contribution in [0.25, 0.3) is 0 Å². The summed E-state index contributed by atoms with van der Waals surface area (Å²) in [4.78, 5) is 13.1. The Morgan fingerprint density at radius 2 is 2.29 bits per heavy atom. The van der Waals surface area contributed by atoms with Crippen molar-refractivity contribution in [3.8, 4) is 0 Å². The number of nitrogens with one attached hydrogen (secondary N) is 1. The molecule has 0 amide bonds. The quantitative estimate of drug-likeness (QED) is 0.425. The highest BCUT2D eigenvalue weighted by atomic mass is 32.2. The molecule has 1 atom stereocenters. The number of nitrogens with zero attached hydrogens (tertiary/aromatic N) is 2. The molecule has 0 aromatic carbocycles. The van der Waals surface area contributed by atoms with Gasteiger partial charge in [-0.2, -0.15) is 0 Å². The number of sulfone groups is 1. The monoisotopic (exact) mass is 220 g/mol. The second-order valence-corrected chi connectivity index (χ2v) is 4.56. The summed E-state index contributed by atoms with van der Waals surface area (Å²) >= 11 is 0. The molecule has 0 saturated heterocycles. The second kappa shape index (κ2) is 3.35. The maximum atomic E-state index is 11.1. The van der Waals surface area contributed by atoms with Crippen LogP contribution in [0, 0.1) is 10.1 Å². The highest BCUT2D eigenvalue weighted by Gasteiger charge is 2.33. The Kier molecular flexibility index (Phi) is 2.53. The van der Waals surface area contributed by atoms with Gasteiger partial charge in [0.25, 0.3) is 0 Å². The molecule has 0 bridgehead atoms. The maximum absolute atomic E-state index is 11.1. The number of hydrogen-bond donors (Lipinski definition) is 2. The predicted molar refractivity (Wildman–Crippen MR) is 48.5 cm³/mol. The fourth-order valence-electron chi connectivity index (χ4n) is 0.943. The maximum Gasteiger partial charge on any atom is 0.319 e. The average Bonchev–Trinajstić information content (AvgIpc) is 2.01. The molecule has 0 saturated carbocycles. The lowest BCUT2D eigenvalue weighted by Crippen LogP contribution is -2.37. The number of hydrogen-bond acceptors (Lipinski definition) is 7. The van der Waals surface area contributed by atoms with Crippen LogP contribution >= 0.6 is 0 Å². The molecule has 1 aliphatic heterocycles. The summed E-state index contributed by atoms with van der Waals surface area (Å²) in [5, 5.41) is 12.2. The van der Waals surface area contributed by atoms with Crippen molar-refractivity contribution in [1.82, 2.24) is 5.32 Å². The van der Waals surface area contributed by atoms with Gasteiger partial charge in [-0.3, -0.25) is 10.1 Å². The van der Waals surface area contributed by atoms with Crippen LogP contribution in [0.5, 0.6) is 0 Å².